The first-order valence-electron chi connectivity index (χ1n) is 7.40. The zero-order valence-electron chi connectivity index (χ0n) is 13.1. The summed E-state index contributed by atoms with van der Waals surface area (Å²) in [6.07, 6.45) is 3.42. The number of nitro groups is 1. The number of unbranched alkanes of at least 4 members (excludes halogenated alkanes) is 1. The summed E-state index contributed by atoms with van der Waals surface area (Å²) in [5.41, 5.74) is 2.84. The molecule has 2 aromatic rings. The number of carbonyl (C=O) groups is 1. The Morgan fingerprint density at radius 1 is 1.33 bits per heavy atom. The van der Waals surface area contributed by atoms with Crippen molar-refractivity contribution >= 4 is 28.5 Å². The smallest absolute Gasteiger partial charge is 0.324 e. The lowest BCUT2D eigenvalue weighted by atomic mass is 10.2. The summed E-state index contributed by atoms with van der Waals surface area (Å²) >= 11 is 0.984. The summed E-state index contributed by atoms with van der Waals surface area (Å²) in [5, 5.41) is 14.4. The number of thiophene rings is 1. The Morgan fingerprint density at radius 3 is 2.71 bits per heavy atom. The van der Waals surface area contributed by atoms with Gasteiger partial charge in [-0.15, -0.1) is 0 Å². The van der Waals surface area contributed by atoms with Crippen LogP contribution in [0.25, 0.3) is 0 Å². The highest BCUT2D eigenvalue weighted by Gasteiger charge is 2.08. The van der Waals surface area contributed by atoms with Crippen molar-refractivity contribution < 1.29 is 14.5 Å². The molecule has 0 aliphatic heterocycles. The molecule has 0 aliphatic carbocycles. The maximum absolute atomic E-state index is 11.9. The molecule has 24 heavy (non-hydrogen) atoms. The molecule has 8 heteroatoms. The highest BCUT2D eigenvalue weighted by Crippen LogP contribution is 2.22. The number of benzene rings is 1. The van der Waals surface area contributed by atoms with Gasteiger partial charge in [-0.1, -0.05) is 24.7 Å². The van der Waals surface area contributed by atoms with E-state index in [1.807, 2.05) is 0 Å². The second-order valence-electron chi connectivity index (χ2n) is 4.86. The number of carbonyl (C=O) groups excluding carboxylic acids is 1. The van der Waals surface area contributed by atoms with Crippen LogP contribution in [0.2, 0.25) is 0 Å². The minimum Gasteiger partial charge on any atom is -0.494 e. The molecule has 1 aromatic carbocycles. The maximum atomic E-state index is 11.9. The molecule has 1 aromatic heterocycles. The van der Waals surface area contributed by atoms with E-state index in [0.717, 1.165) is 29.9 Å². The van der Waals surface area contributed by atoms with Gasteiger partial charge in [-0.05, 0) is 36.8 Å². The van der Waals surface area contributed by atoms with Gasteiger partial charge in [-0.2, -0.15) is 5.10 Å². The predicted molar refractivity (Wildman–Crippen MR) is 92.9 cm³/mol. The third-order valence-electron chi connectivity index (χ3n) is 3.03. The third kappa shape index (κ3) is 5.17. The van der Waals surface area contributed by atoms with Gasteiger partial charge in [0.25, 0.3) is 5.91 Å². The number of amides is 1. The first-order valence-corrected chi connectivity index (χ1v) is 8.22. The fourth-order valence-electron chi connectivity index (χ4n) is 1.77. The van der Waals surface area contributed by atoms with Crippen LogP contribution < -0.4 is 10.2 Å². The highest BCUT2D eigenvalue weighted by atomic mass is 32.1. The van der Waals surface area contributed by atoms with Gasteiger partial charge in [0.2, 0.25) is 0 Å². The number of hydrazone groups is 1. The van der Waals surface area contributed by atoms with Gasteiger partial charge in [0.1, 0.15) is 5.75 Å². The molecule has 0 aliphatic rings. The first kappa shape index (κ1) is 17.6. The topological polar surface area (TPSA) is 93.8 Å². The predicted octanol–water partition coefficient (Wildman–Crippen LogP) is 3.60. The summed E-state index contributed by atoms with van der Waals surface area (Å²) in [6, 6.07) is 9.74. The Balaban J connectivity index is 1.87. The van der Waals surface area contributed by atoms with Crippen LogP contribution in [0.4, 0.5) is 5.00 Å². The SMILES string of the molecule is CCCCOc1ccc(C(=O)N/N=C/c2ccc([N+](=O)[O-])s2)cc1. The van der Waals surface area contributed by atoms with E-state index >= 15 is 0 Å². The van der Waals surface area contributed by atoms with Gasteiger partial charge in [-0.25, -0.2) is 5.43 Å². The summed E-state index contributed by atoms with van der Waals surface area (Å²) in [5.74, 6) is 0.354. The number of hydrogen-bond acceptors (Lipinski definition) is 6. The molecule has 2 rings (SSSR count). The summed E-state index contributed by atoms with van der Waals surface area (Å²) in [4.78, 5) is 22.7. The Morgan fingerprint density at radius 2 is 2.08 bits per heavy atom. The second kappa shape index (κ2) is 8.78. The van der Waals surface area contributed by atoms with Crippen LogP contribution in [0.5, 0.6) is 5.75 Å². The molecule has 0 bridgehead atoms. The molecule has 0 atom stereocenters. The van der Waals surface area contributed by atoms with Crippen molar-refractivity contribution in [1.29, 1.82) is 0 Å². The van der Waals surface area contributed by atoms with Crippen molar-refractivity contribution in [3.05, 3.63) is 57.0 Å². The zero-order chi connectivity index (χ0) is 17.4. The number of nitrogens with one attached hydrogen (secondary N) is 1. The lowest BCUT2D eigenvalue weighted by Gasteiger charge is -2.05. The van der Waals surface area contributed by atoms with Gasteiger partial charge < -0.3 is 4.74 Å². The van der Waals surface area contributed by atoms with E-state index in [4.69, 9.17) is 4.74 Å². The van der Waals surface area contributed by atoms with E-state index in [1.165, 1.54) is 12.3 Å². The largest absolute Gasteiger partial charge is 0.494 e. The maximum Gasteiger partial charge on any atom is 0.324 e. The fourth-order valence-corrected chi connectivity index (χ4v) is 2.46. The molecule has 0 spiro atoms. The average molecular weight is 347 g/mol. The van der Waals surface area contributed by atoms with Gasteiger partial charge in [0, 0.05) is 11.6 Å². The zero-order valence-corrected chi connectivity index (χ0v) is 13.9. The van der Waals surface area contributed by atoms with E-state index in [2.05, 4.69) is 17.5 Å². The standard InChI is InChI=1S/C16H17N3O4S/c1-2-3-10-23-13-6-4-12(5-7-13)16(20)18-17-11-14-8-9-15(24-14)19(21)22/h4-9,11H,2-3,10H2,1H3,(H,18,20)/b17-11+. The Bertz CT molecular complexity index is 725. The second-order valence-corrected chi connectivity index (χ2v) is 5.95. The number of rotatable bonds is 8. The normalized spacial score (nSPS) is 10.7. The van der Waals surface area contributed by atoms with E-state index < -0.39 is 4.92 Å². The lowest BCUT2D eigenvalue weighted by molar-refractivity contribution is -0.380. The minimum absolute atomic E-state index is 0.0291. The molecule has 1 heterocycles. The van der Waals surface area contributed by atoms with Crippen LogP contribution >= 0.6 is 11.3 Å². The average Bonchev–Trinajstić information content (AvgIpc) is 3.05. The number of ether oxygens (including phenoxy) is 1. The van der Waals surface area contributed by atoms with Crippen molar-refractivity contribution in [1.82, 2.24) is 5.43 Å². The Kier molecular flexibility index (Phi) is 6.44. The van der Waals surface area contributed by atoms with E-state index in [0.29, 0.717) is 17.0 Å². The molecule has 126 valence electrons. The monoisotopic (exact) mass is 347 g/mol. The molecule has 0 saturated heterocycles. The molecule has 0 fully saturated rings. The van der Waals surface area contributed by atoms with Gasteiger partial charge in [0.15, 0.2) is 0 Å². The van der Waals surface area contributed by atoms with Crippen LogP contribution in [0, 0.1) is 10.1 Å². The van der Waals surface area contributed by atoms with Crippen molar-refractivity contribution in [3.8, 4) is 5.75 Å². The molecule has 7 nitrogen and oxygen atoms in total. The molecular formula is C16H17N3O4S. The van der Waals surface area contributed by atoms with E-state index in [-0.39, 0.29) is 10.9 Å². The van der Waals surface area contributed by atoms with Crippen molar-refractivity contribution in [2.75, 3.05) is 6.61 Å². The summed E-state index contributed by atoms with van der Waals surface area (Å²) in [6.45, 7) is 2.74. The van der Waals surface area contributed by atoms with Crippen molar-refractivity contribution in [3.63, 3.8) is 0 Å². The summed E-state index contributed by atoms with van der Waals surface area (Å²) < 4.78 is 5.53. The molecule has 1 amide bonds. The summed E-state index contributed by atoms with van der Waals surface area (Å²) in [7, 11) is 0. The highest BCUT2D eigenvalue weighted by molar-refractivity contribution is 7.16. The lowest BCUT2D eigenvalue weighted by Crippen LogP contribution is -2.17. The van der Waals surface area contributed by atoms with Gasteiger partial charge in [0.05, 0.1) is 22.6 Å². The van der Waals surface area contributed by atoms with Gasteiger partial charge in [-0.3, -0.25) is 14.9 Å². The molecule has 0 saturated carbocycles. The molecule has 0 unspecified atom stereocenters. The van der Waals surface area contributed by atoms with E-state index in [1.54, 1.807) is 30.3 Å². The quantitative estimate of drug-likeness (QED) is 0.342. The minimum atomic E-state index is -0.468. The molecular weight excluding hydrogens is 330 g/mol. The number of hydrogen-bond donors (Lipinski definition) is 1. The van der Waals surface area contributed by atoms with Crippen molar-refractivity contribution in [2.24, 2.45) is 5.10 Å². The Labute approximate surface area is 143 Å². The van der Waals surface area contributed by atoms with Gasteiger partial charge >= 0.3 is 5.00 Å². The number of nitrogens with zero attached hydrogens (tertiary/aromatic N) is 2. The molecule has 1 N–H and O–H groups in total. The first-order chi connectivity index (χ1) is 11.6. The van der Waals surface area contributed by atoms with Crippen molar-refractivity contribution in [2.45, 2.75) is 19.8 Å². The van der Waals surface area contributed by atoms with Crippen LogP contribution in [0.3, 0.4) is 0 Å². The van der Waals surface area contributed by atoms with Crippen LogP contribution in [-0.2, 0) is 0 Å². The molecule has 0 radical (unpaired) electrons. The van der Waals surface area contributed by atoms with E-state index in [9.17, 15) is 14.9 Å². The fraction of sp³-hybridized carbons (Fsp3) is 0.250. The van der Waals surface area contributed by atoms with Crippen LogP contribution in [0.1, 0.15) is 35.0 Å². The van der Waals surface area contributed by atoms with Crippen LogP contribution in [0.15, 0.2) is 41.5 Å². The Hall–Kier alpha value is -2.74. The third-order valence-corrected chi connectivity index (χ3v) is 4.01. The van der Waals surface area contributed by atoms with Crippen LogP contribution in [-0.4, -0.2) is 23.7 Å².